The van der Waals surface area contributed by atoms with Gasteiger partial charge >= 0.3 is 6.18 Å². The van der Waals surface area contributed by atoms with E-state index in [2.05, 4.69) is 164 Å². The molecule has 0 N–H and O–H groups in total. The van der Waals surface area contributed by atoms with Gasteiger partial charge in [0.1, 0.15) is 0 Å². The Morgan fingerprint density at radius 2 is 0.964 bits per heavy atom. The van der Waals surface area contributed by atoms with E-state index in [0.717, 1.165) is 36.0 Å². The van der Waals surface area contributed by atoms with Crippen molar-refractivity contribution in [1.82, 2.24) is 0 Å². The molecule has 1 aliphatic carbocycles. The zero-order valence-corrected chi connectivity index (χ0v) is 38.3. The molecule has 314 valence electrons. The van der Waals surface area contributed by atoms with E-state index < -0.39 is 11.7 Å². The molecule has 1 aliphatic rings. The number of rotatable bonds is 5. The van der Waals surface area contributed by atoms with Gasteiger partial charge in [-0.05, 0) is 90.7 Å². The maximum atomic E-state index is 11.9. The lowest BCUT2D eigenvalue weighted by Crippen LogP contribution is -2.10. The first-order chi connectivity index (χ1) is 26.1. The number of alkyl halides is 3. The normalized spacial score (nSPS) is 12.7. The lowest BCUT2D eigenvalue weighted by atomic mass is 9.87. The average Bonchev–Trinajstić information content (AvgIpc) is 3.16. The molecule has 4 aromatic rings. The topological polar surface area (TPSA) is 0 Å². The van der Waals surface area contributed by atoms with Gasteiger partial charge in [-0.3, -0.25) is 0 Å². The van der Waals surface area contributed by atoms with E-state index in [1.54, 1.807) is 6.92 Å². The van der Waals surface area contributed by atoms with Gasteiger partial charge in [-0.15, -0.1) is 0 Å². The Hall–Kier alpha value is -3.33. The average molecular weight is 775 g/mol. The number of hydrogen-bond acceptors (Lipinski definition) is 0. The standard InChI is InChI=1S/C13H20.C11H16.C8H7F3.C8H10.C7H14.C6H14/c1-9(2)12-6-11(5)7-13(8-12)10(3)4;1-9-5-7-10(8-6-9)11(2,3)4;1-6-2-4-7(5-3-6)8(9,10)11;1-2-8-6-4-3-5-7-8;1-7-5-3-2-4-6-7;1-4-6(3)5-2/h6-10H,1-5H3;5-8H,1-4H3;2-5H,1H3;3-7H,2H2,1H3;7H,2-6H2,1H3;6H,4-5H2,1-3H3. The molecule has 0 amide bonds. The van der Waals surface area contributed by atoms with Crippen LogP contribution in [-0.2, 0) is 18.0 Å². The Balaban J connectivity index is 0.000000660. The van der Waals surface area contributed by atoms with Crippen molar-refractivity contribution < 1.29 is 13.2 Å². The quantitative estimate of drug-likeness (QED) is 0.189. The minimum Gasteiger partial charge on any atom is -0.166 e. The minimum absolute atomic E-state index is 0.285. The van der Waals surface area contributed by atoms with Crippen LogP contribution < -0.4 is 0 Å². The Morgan fingerprint density at radius 1 is 0.554 bits per heavy atom. The van der Waals surface area contributed by atoms with Gasteiger partial charge in [-0.2, -0.15) is 13.2 Å². The van der Waals surface area contributed by atoms with Crippen molar-refractivity contribution in [2.24, 2.45) is 11.8 Å². The monoisotopic (exact) mass is 775 g/mol. The van der Waals surface area contributed by atoms with E-state index in [4.69, 9.17) is 0 Å². The van der Waals surface area contributed by atoms with E-state index in [0.29, 0.717) is 11.8 Å². The molecule has 0 saturated heterocycles. The third-order valence-corrected chi connectivity index (χ3v) is 10.3. The third-order valence-electron chi connectivity index (χ3n) is 10.3. The summed E-state index contributed by atoms with van der Waals surface area (Å²) < 4.78 is 35.8. The highest BCUT2D eigenvalue weighted by Gasteiger charge is 2.29. The lowest BCUT2D eigenvalue weighted by molar-refractivity contribution is -0.137. The zero-order valence-electron chi connectivity index (χ0n) is 38.3. The summed E-state index contributed by atoms with van der Waals surface area (Å²) in [5.74, 6) is 3.24. The van der Waals surface area contributed by atoms with Gasteiger partial charge in [-0.25, -0.2) is 0 Å². The van der Waals surface area contributed by atoms with Crippen molar-refractivity contribution in [2.75, 3.05) is 0 Å². The fraction of sp³-hybridized carbons (Fsp3) is 0.547. The minimum atomic E-state index is -4.21. The van der Waals surface area contributed by atoms with Crippen molar-refractivity contribution in [3.8, 4) is 0 Å². The van der Waals surface area contributed by atoms with E-state index >= 15 is 0 Å². The fourth-order valence-corrected chi connectivity index (χ4v) is 5.62. The van der Waals surface area contributed by atoms with Gasteiger partial charge in [-0.1, -0.05) is 230 Å². The van der Waals surface area contributed by atoms with Gasteiger partial charge in [0, 0.05) is 0 Å². The van der Waals surface area contributed by atoms with Crippen LogP contribution in [-0.4, -0.2) is 0 Å². The molecule has 4 aromatic carbocycles. The number of benzene rings is 4. The maximum Gasteiger partial charge on any atom is 0.416 e. The number of aryl methyl sites for hydroxylation is 4. The predicted octanol–water partition coefficient (Wildman–Crippen LogP) is 17.8. The molecule has 0 aromatic heterocycles. The number of halogens is 3. The maximum absolute atomic E-state index is 11.9. The van der Waals surface area contributed by atoms with Crippen LogP contribution >= 0.6 is 0 Å². The summed E-state index contributed by atoms with van der Waals surface area (Å²) in [5, 5.41) is 0. The van der Waals surface area contributed by atoms with Gasteiger partial charge < -0.3 is 0 Å². The summed E-state index contributed by atoms with van der Waals surface area (Å²) in [6.07, 6.45) is 7.02. The molecule has 0 unspecified atom stereocenters. The second kappa shape index (κ2) is 28.1. The molecule has 3 heteroatoms. The second-order valence-electron chi connectivity index (χ2n) is 17.5. The molecule has 0 spiro atoms. The molecule has 0 aliphatic heterocycles. The summed E-state index contributed by atoms with van der Waals surface area (Å²) in [4.78, 5) is 0. The third kappa shape index (κ3) is 25.0. The van der Waals surface area contributed by atoms with E-state index in [1.165, 1.54) is 90.5 Å². The summed E-state index contributed by atoms with van der Waals surface area (Å²) in [5.41, 5.74) is 8.98. The van der Waals surface area contributed by atoms with E-state index in [-0.39, 0.29) is 5.41 Å². The molecule has 1 fully saturated rings. The van der Waals surface area contributed by atoms with Crippen LogP contribution in [0.5, 0.6) is 0 Å². The SMILES string of the molecule is CC1CCCCC1.CCC(C)CC.CCc1ccccc1.Cc1cc(C(C)C)cc(C(C)C)c1.Cc1ccc(C(C)(C)C)cc1.Cc1ccc(C(F)(F)F)cc1. The fourth-order valence-electron chi connectivity index (χ4n) is 5.62. The Bertz CT molecular complexity index is 1430. The van der Waals surface area contributed by atoms with Crippen LogP contribution in [0.3, 0.4) is 0 Å². The Kier molecular flexibility index (Phi) is 26.5. The number of hydrogen-bond donors (Lipinski definition) is 0. The van der Waals surface area contributed by atoms with Gasteiger partial charge in [0.25, 0.3) is 0 Å². The second-order valence-corrected chi connectivity index (χ2v) is 17.5. The molecule has 0 atom stereocenters. The van der Waals surface area contributed by atoms with Crippen LogP contribution in [0.15, 0.2) is 97.1 Å². The van der Waals surface area contributed by atoms with Crippen molar-refractivity contribution in [3.05, 3.63) is 142 Å². The Morgan fingerprint density at radius 3 is 1.23 bits per heavy atom. The highest BCUT2D eigenvalue weighted by Crippen LogP contribution is 2.29. The largest absolute Gasteiger partial charge is 0.416 e. The molecule has 5 rings (SSSR count). The van der Waals surface area contributed by atoms with Gasteiger partial charge in [0.05, 0.1) is 5.56 Å². The summed E-state index contributed by atoms with van der Waals surface area (Å²) in [6.45, 7) is 33.0. The van der Waals surface area contributed by atoms with Crippen LogP contribution in [0.2, 0.25) is 0 Å². The van der Waals surface area contributed by atoms with Gasteiger partial charge in [0.2, 0.25) is 0 Å². The molecular formula is C53H81F3. The van der Waals surface area contributed by atoms with Crippen LogP contribution in [0, 0.1) is 32.6 Å². The van der Waals surface area contributed by atoms with E-state index in [9.17, 15) is 13.2 Å². The van der Waals surface area contributed by atoms with Crippen LogP contribution in [0.1, 0.15) is 184 Å². The highest BCUT2D eigenvalue weighted by molar-refractivity contribution is 5.33. The first kappa shape index (κ1) is 52.7. The molecule has 1 saturated carbocycles. The zero-order chi connectivity index (χ0) is 42.9. The molecule has 0 nitrogen and oxygen atoms in total. The molecule has 0 heterocycles. The predicted molar refractivity (Wildman–Crippen MR) is 243 cm³/mol. The Labute approximate surface area is 344 Å². The molecule has 0 bridgehead atoms. The summed E-state index contributed by atoms with van der Waals surface area (Å²) >= 11 is 0. The smallest absolute Gasteiger partial charge is 0.166 e. The summed E-state index contributed by atoms with van der Waals surface area (Å²) in [7, 11) is 0. The molecular weight excluding hydrogens is 694 g/mol. The van der Waals surface area contributed by atoms with Crippen molar-refractivity contribution in [3.63, 3.8) is 0 Å². The molecule has 56 heavy (non-hydrogen) atoms. The van der Waals surface area contributed by atoms with Crippen molar-refractivity contribution >= 4 is 0 Å². The van der Waals surface area contributed by atoms with Crippen LogP contribution in [0.25, 0.3) is 0 Å². The van der Waals surface area contributed by atoms with Crippen molar-refractivity contribution in [1.29, 1.82) is 0 Å². The van der Waals surface area contributed by atoms with Crippen molar-refractivity contribution in [2.45, 2.75) is 179 Å². The first-order valence-electron chi connectivity index (χ1n) is 21.5. The highest BCUT2D eigenvalue weighted by atomic mass is 19.4. The lowest BCUT2D eigenvalue weighted by Gasteiger charge is -2.18. The van der Waals surface area contributed by atoms with Crippen LogP contribution in [0.4, 0.5) is 13.2 Å². The summed E-state index contributed by atoms with van der Waals surface area (Å²) in [6, 6.07) is 31.2. The van der Waals surface area contributed by atoms with Gasteiger partial charge in [0.15, 0.2) is 0 Å². The van der Waals surface area contributed by atoms with E-state index in [1.807, 2.05) is 6.07 Å². The molecule has 0 radical (unpaired) electrons. The first-order valence-corrected chi connectivity index (χ1v) is 21.5.